The van der Waals surface area contributed by atoms with Crippen molar-refractivity contribution in [1.29, 1.82) is 0 Å². The molecule has 2 amide bonds. The van der Waals surface area contributed by atoms with Gasteiger partial charge in [0.15, 0.2) is 0 Å². The molecule has 1 atom stereocenters. The van der Waals surface area contributed by atoms with Crippen molar-refractivity contribution in [2.75, 3.05) is 19.7 Å². The van der Waals surface area contributed by atoms with Gasteiger partial charge in [0.1, 0.15) is 18.0 Å². The van der Waals surface area contributed by atoms with Gasteiger partial charge in [-0.05, 0) is 42.2 Å². The standard InChI is InChI=1S/C26H27N3O4/c27-25(30)23-21(10-7-18-3-1-13-28-24(18)23)17-5-8-19(9-6-17)33-20-11-14-29(15-12-20)26(31)22-4-2-16-32-22/h1,3,5-10,13,20,22H,2,4,11-12,14-16H2,(H2,27,30)/t22-/m1/s1. The zero-order valence-corrected chi connectivity index (χ0v) is 18.4. The molecule has 2 saturated heterocycles. The van der Waals surface area contributed by atoms with Crippen molar-refractivity contribution >= 4 is 22.7 Å². The largest absolute Gasteiger partial charge is 0.490 e. The minimum absolute atomic E-state index is 0.0652. The zero-order chi connectivity index (χ0) is 22.8. The zero-order valence-electron chi connectivity index (χ0n) is 18.4. The van der Waals surface area contributed by atoms with E-state index in [9.17, 15) is 9.59 Å². The summed E-state index contributed by atoms with van der Waals surface area (Å²) in [7, 11) is 0. The number of carbonyl (C=O) groups is 2. The van der Waals surface area contributed by atoms with Crippen molar-refractivity contribution in [3.8, 4) is 16.9 Å². The molecule has 2 fully saturated rings. The van der Waals surface area contributed by atoms with E-state index in [0.717, 1.165) is 47.9 Å². The highest BCUT2D eigenvalue weighted by atomic mass is 16.5. The Kier molecular flexibility index (Phi) is 5.96. The van der Waals surface area contributed by atoms with Gasteiger partial charge in [0.2, 0.25) is 0 Å². The van der Waals surface area contributed by atoms with Gasteiger partial charge >= 0.3 is 0 Å². The number of piperidine rings is 1. The SMILES string of the molecule is NC(=O)c1c(-c2ccc(OC3CCN(C(=O)[C@H]4CCCO4)CC3)cc2)ccc2cccnc12. The maximum atomic E-state index is 12.5. The normalized spacial score (nSPS) is 19.0. The number of rotatable bonds is 5. The maximum absolute atomic E-state index is 12.5. The highest BCUT2D eigenvalue weighted by Gasteiger charge is 2.31. The van der Waals surface area contributed by atoms with E-state index in [2.05, 4.69) is 4.98 Å². The number of aromatic nitrogens is 1. The Morgan fingerprint density at radius 3 is 2.52 bits per heavy atom. The Hall–Kier alpha value is -3.45. The Balaban J connectivity index is 1.26. The number of primary amides is 1. The third-order valence-electron chi connectivity index (χ3n) is 6.45. The van der Waals surface area contributed by atoms with Gasteiger partial charge in [0, 0.05) is 44.1 Å². The summed E-state index contributed by atoms with van der Waals surface area (Å²) >= 11 is 0. The summed E-state index contributed by atoms with van der Waals surface area (Å²) in [5.74, 6) is 0.381. The van der Waals surface area contributed by atoms with E-state index in [4.69, 9.17) is 15.2 Å². The van der Waals surface area contributed by atoms with E-state index in [1.165, 1.54) is 0 Å². The number of hydrogen-bond donors (Lipinski definition) is 1. The Bertz CT molecular complexity index is 1160. The van der Waals surface area contributed by atoms with Crippen LogP contribution in [0.15, 0.2) is 54.7 Å². The minimum Gasteiger partial charge on any atom is -0.490 e. The third kappa shape index (κ3) is 4.41. The van der Waals surface area contributed by atoms with Crippen LogP contribution >= 0.6 is 0 Å². The highest BCUT2D eigenvalue weighted by molar-refractivity contribution is 6.10. The third-order valence-corrected chi connectivity index (χ3v) is 6.45. The first-order valence-electron chi connectivity index (χ1n) is 11.4. The predicted molar refractivity (Wildman–Crippen MR) is 125 cm³/mol. The molecule has 5 rings (SSSR count). The second-order valence-electron chi connectivity index (χ2n) is 8.60. The van der Waals surface area contributed by atoms with Crippen molar-refractivity contribution in [2.45, 2.75) is 37.9 Å². The fraction of sp³-hybridized carbons (Fsp3) is 0.346. The number of amides is 2. The van der Waals surface area contributed by atoms with Gasteiger partial charge in [-0.3, -0.25) is 14.6 Å². The average Bonchev–Trinajstić information content (AvgIpc) is 3.39. The number of nitrogens with two attached hydrogens (primary N) is 1. The molecule has 2 N–H and O–H groups in total. The quantitative estimate of drug-likeness (QED) is 0.648. The van der Waals surface area contributed by atoms with Crippen LogP contribution in [0.2, 0.25) is 0 Å². The molecule has 0 saturated carbocycles. The van der Waals surface area contributed by atoms with Crippen LogP contribution in [0.3, 0.4) is 0 Å². The van der Waals surface area contributed by atoms with Crippen LogP contribution in [0.5, 0.6) is 5.75 Å². The molecule has 7 nitrogen and oxygen atoms in total. The van der Waals surface area contributed by atoms with E-state index in [1.807, 2.05) is 53.4 Å². The molecule has 170 valence electrons. The Labute approximate surface area is 192 Å². The number of hydrogen-bond acceptors (Lipinski definition) is 5. The number of benzene rings is 2. The van der Waals surface area contributed by atoms with Crippen molar-refractivity contribution in [1.82, 2.24) is 9.88 Å². The number of nitrogens with zero attached hydrogens (tertiary/aromatic N) is 2. The van der Waals surface area contributed by atoms with Gasteiger partial charge in [-0.1, -0.05) is 30.3 Å². The highest BCUT2D eigenvalue weighted by Crippen LogP contribution is 2.31. The van der Waals surface area contributed by atoms with Crippen molar-refractivity contribution in [3.05, 3.63) is 60.3 Å². The second-order valence-corrected chi connectivity index (χ2v) is 8.60. The molecule has 0 aliphatic carbocycles. The maximum Gasteiger partial charge on any atom is 0.251 e. The topological polar surface area (TPSA) is 94.8 Å². The molecule has 0 unspecified atom stereocenters. The monoisotopic (exact) mass is 445 g/mol. The Morgan fingerprint density at radius 1 is 1.03 bits per heavy atom. The first kappa shape index (κ1) is 21.4. The Morgan fingerprint density at radius 2 is 1.82 bits per heavy atom. The van der Waals surface area contributed by atoms with Crippen LogP contribution in [0.4, 0.5) is 0 Å². The molecule has 2 aromatic carbocycles. The molecule has 2 aliphatic rings. The van der Waals surface area contributed by atoms with E-state index in [-0.39, 0.29) is 18.1 Å². The molecule has 2 aliphatic heterocycles. The van der Waals surface area contributed by atoms with Gasteiger partial charge in [-0.2, -0.15) is 0 Å². The summed E-state index contributed by atoms with van der Waals surface area (Å²) in [5.41, 5.74) is 8.36. The second kappa shape index (κ2) is 9.19. The molecule has 0 spiro atoms. The summed E-state index contributed by atoms with van der Waals surface area (Å²) in [6, 6.07) is 15.3. The van der Waals surface area contributed by atoms with Crippen LogP contribution in [0, 0.1) is 0 Å². The summed E-state index contributed by atoms with van der Waals surface area (Å²) in [5, 5.41) is 0.874. The lowest BCUT2D eigenvalue weighted by Crippen LogP contribution is -2.45. The van der Waals surface area contributed by atoms with E-state index < -0.39 is 5.91 Å². The number of ether oxygens (including phenoxy) is 2. The number of likely N-dealkylation sites (tertiary alicyclic amines) is 1. The number of pyridine rings is 1. The first-order chi connectivity index (χ1) is 16.1. The molecule has 3 aromatic rings. The smallest absolute Gasteiger partial charge is 0.251 e. The summed E-state index contributed by atoms with van der Waals surface area (Å²) in [6.45, 7) is 2.06. The molecular weight excluding hydrogens is 418 g/mol. The molecule has 3 heterocycles. The van der Waals surface area contributed by atoms with Crippen LogP contribution < -0.4 is 10.5 Å². The van der Waals surface area contributed by atoms with Gasteiger partial charge in [0.05, 0.1) is 11.1 Å². The fourth-order valence-electron chi connectivity index (χ4n) is 4.71. The van der Waals surface area contributed by atoms with Gasteiger partial charge in [-0.15, -0.1) is 0 Å². The van der Waals surface area contributed by atoms with Crippen molar-refractivity contribution < 1.29 is 19.1 Å². The van der Waals surface area contributed by atoms with Gasteiger partial charge in [0.25, 0.3) is 11.8 Å². The van der Waals surface area contributed by atoms with Crippen molar-refractivity contribution in [2.24, 2.45) is 5.73 Å². The van der Waals surface area contributed by atoms with E-state index >= 15 is 0 Å². The summed E-state index contributed by atoms with van der Waals surface area (Å²) in [6.07, 6.45) is 4.84. The van der Waals surface area contributed by atoms with Crippen LogP contribution in [0.25, 0.3) is 22.0 Å². The van der Waals surface area contributed by atoms with Crippen LogP contribution in [-0.2, 0) is 9.53 Å². The van der Waals surface area contributed by atoms with Crippen molar-refractivity contribution in [3.63, 3.8) is 0 Å². The minimum atomic E-state index is -0.501. The predicted octanol–water partition coefficient (Wildman–Crippen LogP) is 3.55. The molecular formula is C26H27N3O4. The molecule has 0 radical (unpaired) electrons. The van der Waals surface area contributed by atoms with E-state index in [0.29, 0.717) is 30.8 Å². The van der Waals surface area contributed by atoms with Gasteiger partial charge < -0.3 is 20.1 Å². The van der Waals surface area contributed by atoms with Crippen LogP contribution in [-0.4, -0.2) is 53.6 Å². The fourth-order valence-corrected chi connectivity index (χ4v) is 4.71. The lowest BCUT2D eigenvalue weighted by Gasteiger charge is -2.33. The van der Waals surface area contributed by atoms with E-state index in [1.54, 1.807) is 6.20 Å². The lowest BCUT2D eigenvalue weighted by atomic mass is 9.96. The average molecular weight is 446 g/mol. The van der Waals surface area contributed by atoms with Gasteiger partial charge in [-0.25, -0.2) is 0 Å². The molecule has 33 heavy (non-hydrogen) atoms. The van der Waals surface area contributed by atoms with Crippen LogP contribution in [0.1, 0.15) is 36.0 Å². The molecule has 0 bridgehead atoms. The summed E-state index contributed by atoms with van der Waals surface area (Å²) < 4.78 is 11.7. The molecule has 1 aromatic heterocycles. The first-order valence-corrected chi connectivity index (χ1v) is 11.4. The molecule has 7 heteroatoms. The number of fused-ring (bicyclic) bond motifs is 1. The number of carbonyl (C=O) groups excluding carboxylic acids is 2. The summed E-state index contributed by atoms with van der Waals surface area (Å²) in [4.78, 5) is 31.0. The lowest BCUT2D eigenvalue weighted by molar-refractivity contribution is -0.142.